The summed E-state index contributed by atoms with van der Waals surface area (Å²) < 4.78 is 0. The van der Waals surface area contributed by atoms with E-state index in [0.717, 1.165) is 37.2 Å². The Kier molecular flexibility index (Phi) is 4.26. The molecule has 1 aliphatic carbocycles. The van der Waals surface area contributed by atoms with Crippen molar-refractivity contribution < 1.29 is 14.7 Å². The van der Waals surface area contributed by atoms with Gasteiger partial charge in [0.2, 0.25) is 0 Å². The number of carbonyl (C=O) groups is 2. The fourth-order valence-corrected chi connectivity index (χ4v) is 4.34. The number of carboxylic acids is 1. The number of amides is 1. The number of aryl methyl sites for hydroxylation is 2. The van der Waals surface area contributed by atoms with Crippen molar-refractivity contribution in [3.8, 4) is 0 Å². The van der Waals surface area contributed by atoms with E-state index in [1.54, 1.807) is 11.3 Å². The normalized spacial score (nSPS) is 19.3. The SMILES string of the molecule is O=C(O)CN1CCCN(C(=O)c2cc3c(s2)CCC3)CC1. The summed E-state index contributed by atoms with van der Waals surface area (Å²) in [6, 6.07) is 2.06. The lowest BCUT2D eigenvalue weighted by molar-refractivity contribution is -0.138. The third-order valence-electron chi connectivity index (χ3n) is 4.19. The Balaban J connectivity index is 1.63. The first-order valence-corrected chi connectivity index (χ1v) is 8.30. The highest BCUT2D eigenvalue weighted by Crippen LogP contribution is 2.31. The number of fused-ring (bicyclic) bond motifs is 1. The van der Waals surface area contributed by atoms with E-state index >= 15 is 0 Å². The zero-order valence-electron chi connectivity index (χ0n) is 12.0. The molecule has 0 unspecified atom stereocenters. The van der Waals surface area contributed by atoms with Crippen molar-refractivity contribution in [2.45, 2.75) is 25.7 Å². The maximum Gasteiger partial charge on any atom is 0.317 e. The largest absolute Gasteiger partial charge is 0.480 e. The van der Waals surface area contributed by atoms with Crippen LogP contribution in [0.4, 0.5) is 0 Å². The Hall–Kier alpha value is -1.40. The lowest BCUT2D eigenvalue weighted by atomic mass is 10.2. The van der Waals surface area contributed by atoms with Gasteiger partial charge in [0.05, 0.1) is 11.4 Å². The van der Waals surface area contributed by atoms with Crippen molar-refractivity contribution in [2.75, 3.05) is 32.7 Å². The van der Waals surface area contributed by atoms with Gasteiger partial charge in [0.25, 0.3) is 5.91 Å². The van der Waals surface area contributed by atoms with E-state index in [4.69, 9.17) is 5.11 Å². The molecule has 2 aliphatic rings. The van der Waals surface area contributed by atoms with Crippen molar-refractivity contribution in [3.63, 3.8) is 0 Å². The van der Waals surface area contributed by atoms with Crippen LogP contribution >= 0.6 is 11.3 Å². The molecule has 0 bridgehead atoms. The maximum atomic E-state index is 12.6. The van der Waals surface area contributed by atoms with Gasteiger partial charge in [0, 0.05) is 31.1 Å². The quantitative estimate of drug-likeness (QED) is 0.918. The first kappa shape index (κ1) is 14.5. The minimum atomic E-state index is -0.801. The summed E-state index contributed by atoms with van der Waals surface area (Å²) in [4.78, 5) is 29.4. The van der Waals surface area contributed by atoms with Crippen molar-refractivity contribution in [2.24, 2.45) is 0 Å². The Labute approximate surface area is 128 Å². The van der Waals surface area contributed by atoms with Gasteiger partial charge in [-0.1, -0.05) is 0 Å². The molecule has 114 valence electrons. The summed E-state index contributed by atoms with van der Waals surface area (Å²) >= 11 is 1.64. The Bertz CT molecular complexity index is 534. The van der Waals surface area contributed by atoms with Gasteiger partial charge in [-0.3, -0.25) is 14.5 Å². The van der Waals surface area contributed by atoms with Gasteiger partial charge in [-0.05, 0) is 37.3 Å². The summed E-state index contributed by atoms with van der Waals surface area (Å²) in [6.07, 6.45) is 4.26. The van der Waals surface area contributed by atoms with Crippen molar-refractivity contribution in [3.05, 3.63) is 21.4 Å². The van der Waals surface area contributed by atoms with Gasteiger partial charge in [0.15, 0.2) is 0 Å². The molecule has 1 aromatic heterocycles. The molecule has 0 spiro atoms. The van der Waals surface area contributed by atoms with Gasteiger partial charge < -0.3 is 10.0 Å². The minimum absolute atomic E-state index is 0.0648. The maximum absolute atomic E-state index is 12.6. The van der Waals surface area contributed by atoms with Gasteiger partial charge in [0.1, 0.15) is 0 Å². The van der Waals surface area contributed by atoms with E-state index in [0.29, 0.717) is 13.1 Å². The summed E-state index contributed by atoms with van der Waals surface area (Å²) in [5.41, 5.74) is 1.35. The molecule has 0 saturated carbocycles. The van der Waals surface area contributed by atoms with Gasteiger partial charge in [-0.2, -0.15) is 0 Å². The number of thiophene rings is 1. The summed E-state index contributed by atoms with van der Waals surface area (Å²) in [5.74, 6) is -0.684. The molecule has 0 atom stereocenters. The lowest BCUT2D eigenvalue weighted by Gasteiger charge is -2.20. The van der Waals surface area contributed by atoms with Crippen LogP contribution in [-0.4, -0.2) is 59.5 Å². The van der Waals surface area contributed by atoms with Crippen LogP contribution in [0.1, 0.15) is 33.0 Å². The molecule has 1 aliphatic heterocycles. The molecule has 3 rings (SSSR count). The number of hydrogen-bond donors (Lipinski definition) is 1. The van der Waals surface area contributed by atoms with Crippen LogP contribution in [0.15, 0.2) is 6.07 Å². The van der Waals surface area contributed by atoms with Crippen LogP contribution in [0.3, 0.4) is 0 Å². The number of carbonyl (C=O) groups excluding carboxylic acids is 1. The smallest absolute Gasteiger partial charge is 0.317 e. The highest BCUT2D eigenvalue weighted by Gasteiger charge is 2.24. The van der Waals surface area contributed by atoms with E-state index in [2.05, 4.69) is 6.07 Å². The first-order valence-electron chi connectivity index (χ1n) is 7.48. The van der Waals surface area contributed by atoms with Gasteiger partial charge in [-0.15, -0.1) is 11.3 Å². The number of hydrogen-bond acceptors (Lipinski definition) is 4. The molecule has 0 radical (unpaired) electrons. The molecule has 1 N–H and O–H groups in total. The fourth-order valence-electron chi connectivity index (χ4n) is 3.11. The second kappa shape index (κ2) is 6.15. The Morgan fingerprint density at radius 1 is 1.14 bits per heavy atom. The molecule has 1 aromatic rings. The topological polar surface area (TPSA) is 60.9 Å². The van der Waals surface area contributed by atoms with E-state index in [1.165, 1.54) is 16.9 Å². The highest BCUT2D eigenvalue weighted by atomic mass is 32.1. The zero-order chi connectivity index (χ0) is 14.8. The van der Waals surface area contributed by atoms with Gasteiger partial charge >= 0.3 is 5.97 Å². The number of nitrogens with zero attached hydrogens (tertiary/aromatic N) is 2. The predicted molar refractivity (Wildman–Crippen MR) is 80.9 cm³/mol. The molecule has 1 amide bonds. The number of carboxylic acid groups (broad SMARTS) is 1. The van der Waals surface area contributed by atoms with Crippen molar-refractivity contribution in [1.82, 2.24) is 9.80 Å². The fraction of sp³-hybridized carbons (Fsp3) is 0.600. The van der Waals surface area contributed by atoms with Gasteiger partial charge in [-0.25, -0.2) is 0 Å². The monoisotopic (exact) mass is 308 g/mol. The van der Waals surface area contributed by atoms with Crippen molar-refractivity contribution in [1.29, 1.82) is 0 Å². The van der Waals surface area contributed by atoms with Crippen LogP contribution < -0.4 is 0 Å². The van der Waals surface area contributed by atoms with Crippen LogP contribution in [0.25, 0.3) is 0 Å². The van der Waals surface area contributed by atoms with E-state index in [1.807, 2.05) is 9.80 Å². The average molecular weight is 308 g/mol. The molecule has 0 aromatic carbocycles. The Morgan fingerprint density at radius 2 is 2.00 bits per heavy atom. The lowest BCUT2D eigenvalue weighted by Crippen LogP contribution is -2.36. The van der Waals surface area contributed by atoms with Crippen LogP contribution in [0, 0.1) is 0 Å². The van der Waals surface area contributed by atoms with E-state index in [-0.39, 0.29) is 12.5 Å². The summed E-state index contributed by atoms with van der Waals surface area (Å²) in [5, 5.41) is 8.86. The zero-order valence-corrected chi connectivity index (χ0v) is 12.8. The highest BCUT2D eigenvalue weighted by molar-refractivity contribution is 7.14. The third-order valence-corrected chi connectivity index (χ3v) is 5.42. The molecule has 5 nitrogen and oxygen atoms in total. The van der Waals surface area contributed by atoms with Crippen LogP contribution in [0.2, 0.25) is 0 Å². The molecule has 6 heteroatoms. The average Bonchev–Trinajstić information content (AvgIpc) is 2.94. The van der Waals surface area contributed by atoms with Crippen LogP contribution in [-0.2, 0) is 17.6 Å². The van der Waals surface area contributed by atoms with Crippen molar-refractivity contribution >= 4 is 23.2 Å². The molecule has 1 fully saturated rings. The molecular weight excluding hydrogens is 288 g/mol. The Morgan fingerprint density at radius 3 is 2.76 bits per heavy atom. The van der Waals surface area contributed by atoms with Crippen LogP contribution in [0.5, 0.6) is 0 Å². The molecule has 21 heavy (non-hydrogen) atoms. The second-order valence-corrected chi connectivity index (χ2v) is 6.87. The van der Waals surface area contributed by atoms with E-state index < -0.39 is 5.97 Å². The number of rotatable bonds is 3. The number of aliphatic carboxylic acids is 1. The second-order valence-electron chi connectivity index (χ2n) is 5.73. The molecule has 2 heterocycles. The standard InChI is InChI=1S/C15H20N2O3S/c18-14(19)10-16-5-2-6-17(8-7-16)15(20)13-9-11-3-1-4-12(11)21-13/h9H,1-8,10H2,(H,18,19). The molecule has 1 saturated heterocycles. The summed E-state index contributed by atoms with van der Waals surface area (Å²) in [7, 11) is 0. The van der Waals surface area contributed by atoms with E-state index in [9.17, 15) is 9.59 Å². The first-order chi connectivity index (χ1) is 10.1. The molecular formula is C15H20N2O3S. The summed E-state index contributed by atoms with van der Waals surface area (Å²) in [6.45, 7) is 2.79. The minimum Gasteiger partial charge on any atom is -0.480 e. The third kappa shape index (κ3) is 3.27. The predicted octanol–water partition coefficient (Wildman–Crippen LogP) is 1.47.